The molecule has 2 nitrogen and oxygen atoms in total. The summed E-state index contributed by atoms with van der Waals surface area (Å²) in [7, 11) is 0.759. The minimum Gasteiger partial charge on any atom is -0.426 e. The average Bonchev–Trinajstić information content (AvgIpc) is 3.19. The lowest BCUT2D eigenvalue weighted by atomic mass is 9.99. The lowest BCUT2D eigenvalue weighted by molar-refractivity contribution is 0.606. The SMILES string of the molecule is CC(c1ccccc1)N(C(C)c1ccccc1)p1oc2ccc3ccccc3c2c2c(ccc3ccccc32)s1. The molecule has 7 rings (SSSR count). The van der Waals surface area contributed by atoms with Crippen molar-refractivity contribution >= 4 is 60.6 Å². The monoisotopic (exact) mass is 555 g/mol. The van der Waals surface area contributed by atoms with Crippen LogP contribution in [-0.4, -0.2) is 0 Å². The minimum absolute atomic E-state index is 0.154. The Morgan fingerprint density at radius 2 is 1.05 bits per heavy atom. The molecule has 0 saturated carbocycles. The first-order valence-corrected chi connectivity index (χ1v) is 16.4. The predicted octanol–water partition coefficient (Wildman–Crippen LogP) is 11.5. The maximum Gasteiger partial charge on any atom is 0.181 e. The number of fused-ring (bicyclic) bond motifs is 7. The fourth-order valence-corrected chi connectivity index (χ4v) is 10.3. The van der Waals surface area contributed by atoms with Gasteiger partial charge in [0.15, 0.2) is 7.10 Å². The first-order chi connectivity index (χ1) is 19.7. The van der Waals surface area contributed by atoms with Crippen LogP contribution < -0.4 is 4.67 Å². The van der Waals surface area contributed by atoms with Gasteiger partial charge in [0.2, 0.25) is 0 Å². The molecule has 0 aliphatic heterocycles. The molecule has 0 amide bonds. The molecular weight excluding hydrogens is 525 g/mol. The number of rotatable bonds is 5. The van der Waals surface area contributed by atoms with Crippen LogP contribution in [0.1, 0.15) is 37.1 Å². The number of benzene rings is 6. The molecule has 0 aliphatic rings. The second kappa shape index (κ2) is 10.6. The fourth-order valence-electron chi connectivity index (χ4n) is 5.84. The number of hydrogen-bond donors (Lipinski definition) is 0. The van der Waals surface area contributed by atoms with Gasteiger partial charge in [0.25, 0.3) is 0 Å². The Bertz CT molecular complexity index is 1860. The molecule has 196 valence electrons. The molecule has 0 bridgehead atoms. The van der Waals surface area contributed by atoms with Crippen molar-refractivity contribution in [2.24, 2.45) is 0 Å². The smallest absolute Gasteiger partial charge is 0.181 e. The van der Waals surface area contributed by atoms with Gasteiger partial charge in [-0.05, 0) is 58.7 Å². The van der Waals surface area contributed by atoms with Gasteiger partial charge in [-0.15, -0.1) is 0 Å². The Balaban J connectivity index is 1.60. The van der Waals surface area contributed by atoms with Crippen LogP contribution >= 0.6 is 18.0 Å². The molecular formula is C36H30NOPS. The maximum absolute atomic E-state index is 7.20. The van der Waals surface area contributed by atoms with Crippen LogP contribution in [0.3, 0.4) is 0 Å². The van der Waals surface area contributed by atoms with E-state index in [1.54, 1.807) is 0 Å². The van der Waals surface area contributed by atoms with E-state index >= 15 is 0 Å². The van der Waals surface area contributed by atoms with E-state index in [2.05, 4.69) is 152 Å². The van der Waals surface area contributed by atoms with Crippen LogP contribution in [-0.2, 0) is 0 Å². The zero-order valence-corrected chi connectivity index (χ0v) is 24.3. The van der Waals surface area contributed by atoms with Gasteiger partial charge in [0, 0.05) is 27.6 Å². The Labute approximate surface area is 239 Å². The van der Waals surface area contributed by atoms with Crippen molar-refractivity contribution in [2.45, 2.75) is 25.9 Å². The van der Waals surface area contributed by atoms with E-state index in [0.29, 0.717) is 0 Å². The van der Waals surface area contributed by atoms with E-state index in [1.165, 1.54) is 48.1 Å². The normalized spacial score (nSPS) is 13.7. The summed E-state index contributed by atoms with van der Waals surface area (Å²) in [5.41, 5.74) is 3.54. The molecule has 3 atom stereocenters. The summed E-state index contributed by atoms with van der Waals surface area (Å²) in [6.07, 6.45) is 0. The van der Waals surface area contributed by atoms with Crippen LogP contribution in [0.25, 0.3) is 42.6 Å². The summed E-state index contributed by atoms with van der Waals surface area (Å²) >= 11 is 0. The first kappa shape index (κ1) is 25.1. The second-order valence-electron chi connectivity index (χ2n) is 10.3. The van der Waals surface area contributed by atoms with Crippen molar-refractivity contribution in [3.63, 3.8) is 0 Å². The maximum atomic E-state index is 7.20. The Morgan fingerprint density at radius 1 is 0.550 bits per heavy atom. The number of hydrogen-bond acceptors (Lipinski definition) is 3. The molecule has 4 heteroatoms. The summed E-state index contributed by atoms with van der Waals surface area (Å²) in [4.78, 5) is 0. The molecule has 0 aliphatic carbocycles. The molecule has 6 aromatic carbocycles. The van der Waals surface area contributed by atoms with E-state index in [0.717, 1.165) is 5.58 Å². The molecule has 0 fully saturated rings. The summed E-state index contributed by atoms with van der Waals surface area (Å²) in [6.45, 7) is 4.63. The highest BCUT2D eigenvalue weighted by Gasteiger charge is 2.27. The summed E-state index contributed by atoms with van der Waals surface area (Å²) < 4.78 is 11.1. The summed E-state index contributed by atoms with van der Waals surface area (Å²) in [5, 5.41) is 7.45. The van der Waals surface area contributed by atoms with Crippen molar-refractivity contribution in [1.82, 2.24) is 0 Å². The third-order valence-electron chi connectivity index (χ3n) is 7.93. The highest BCUT2D eigenvalue weighted by Crippen LogP contribution is 2.51. The highest BCUT2D eigenvalue weighted by atomic mass is 32.5. The predicted molar refractivity (Wildman–Crippen MR) is 175 cm³/mol. The molecule has 3 unspecified atom stereocenters. The Kier molecular flexibility index (Phi) is 6.65. The van der Waals surface area contributed by atoms with E-state index in [9.17, 15) is 0 Å². The van der Waals surface area contributed by atoms with Crippen LogP contribution in [0, 0.1) is 0 Å². The molecule has 40 heavy (non-hydrogen) atoms. The topological polar surface area (TPSA) is 16.4 Å². The van der Waals surface area contributed by atoms with Crippen LogP contribution in [0.15, 0.2) is 138 Å². The van der Waals surface area contributed by atoms with Gasteiger partial charge in [0.1, 0.15) is 5.58 Å². The summed E-state index contributed by atoms with van der Waals surface area (Å²) in [6, 6.07) is 48.3. The lowest BCUT2D eigenvalue weighted by Gasteiger charge is -2.33. The van der Waals surface area contributed by atoms with Gasteiger partial charge in [0.05, 0.1) is 0 Å². The van der Waals surface area contributed by atoms with Crippen molar-refractivity contribution in [3.8, 4) is 0 Å². The van der Waals surface area contributed by atoms with Crippen molar-refractivity contribution in [2.75, 3.05) is 4.67 Å². The van der Waals surface area contributed by atoms with Gasteiger partial charge in [-0.25, -0.2) is 4.67 Å². The molecule has 0 N–H and O–H groups in total. The molecule has 0 saturated heterocycles. The van der Waals surface area contributed by atoms with Gasteiger partial charge in [-0.2, -0.15) is 0 Å². The first-order valence-electron chi connectivity index (χ1n) is 13.8. The van der Waals surface area contributed by atoms with E-state index in [-0.39, 0.29) is 12.1 Å². The zero-order valence-electron chi connectivity index (χ0n) is 22.6. The summed E-state index contributed by atoms with van der Waals surface area (Å²) in [5.74, 6) is 0. The van der Waals surface area contributed by atoms with E-state index in [4.69, 9.17) is 4.20 Å². The van der Waals surface area contributed by atoms with Crippen molar-refractivity contribution in [1.29, 1.82) is 0 Å². The fraction of sp³-hybridized carbons (Fsp3) is 0.111. The molecule has 1 aromatic heterocycles. The van der Waals surface area contributed by atoms with Crippen LogP contribution in [0.4, 0.5) is 0 Å². The quantitative estimate of drug-likeness (QED) is 0.210. The van der Waals surface area contributed by atoms with Gasteiger partial charge >= 0.3 is 0 Å². The number of nitrogens with zero attached hydrogens (tertiary/aromatic N) is 1. The standard InChI is InChI=1S/C36H30NOPS/c1-25(27-13-5-3-6-14-27)37(26(2)28-15-7-4-8-16-28)39-38-33-23-21-29-17-9-11-19-31(29)35(33)36-32-20-12-10-18-30(32)22-24-34(36)40-39/h3-26H,1-2H3. The molecule has 1 heterocycles. The Hall–Kier alpha value is -3.88. The van der Waals surface area contributed by atoms with Gasteiger partial charge < -0.3 is 4.20 Å². The van der Waals surface area contributed by atoms with Crippen molar-refractivity contribution in [3.05, 3.63) is 145 Å². The molecule has 0 spiro atoms. The average molecular weight is 556 g/mol. The largest absolute Gasteiger partial charge is 0.426 e. The third kappa shape index (κ3) is 4.41. The van der Waals surface area contributed by atoms with E-state index < -0.39 is 7.10 Å². The molecule has 7 aromatic rings. The minimum atomic E-state index is -1.12. The van der Waals surface area contributed by atoms with Gasteiger partial charge in [-0.3, -0.25) is 0 Å². The van der Waals surface area contributed by atoms with Crippen molar-refractivity contribution < 1.29 is 4.20 Å². The Morgan fingerprint density at radius 3 is 1.65 bits per heavy atom. The van der Waals surface area contributed by atoms with Gasteiger partial charge in [-0.1, -0.05) is 132 Å². The van der Waals surface area contributed by atoms with Crippen LogP contribution in [0.2, 0.25) is 0 Å². The lowest BCUT2D eigenvalue weighted by Crippen LogP contribution is -2.26. The van der Waals surface area contributed by atoms with E-state index in [1.807, 2.05) is 10.9 Å². The highest BCUT2D eigenvalue weighted by molar-refractivity contribution is 7.90. The van der Waals surface area contributed by atoms with Crippen LogP contribution in [0.5, 0.6) is 0 Å². The zero-order chi connectivity index (χ0) is 27.1. The molecule has 0 radical (unpaired) electrons. The second-order valence-corrected chi connectivity index (χ2v) is 13.5. The third-order valence-corrected chi connectivity index (χ3v) is 11.9.